The van der Waals surface area contributed by atoms with E-state index in [2.05, 4.69) is 71.6 Å². The summed E-state index contributed by atoms with van der Waals surface area (Å²) in [6.07, 6.45) is 0. The van der Waals surface area contributed by atoms with E-state index in [1.807, 2.05) is 81.4 Å². The van der Waals surface area contributed by atoms with Crippen molar-refractivity contribution < 1.29 is 14.3 Å². The van der Waals surface area contributed by atoms with Crippen LogP contribution in [0.2, 0.25) is 5.02 Å². The average molecular weight is 787 g/mol. The SMILES string of the molecule is CCOc1cc(C2C(C(=O)Nc3cccc(C)c3)=C(C)Nc3nc(SCc4ccccc4Cl)nn32)cc(Br)c1OCc1ccc(C(C)(C)C)cc1. The molecule has 1 aliphatic heterocycles. The summed E-state index contributed by atoms with van der Waals surface area (Å²) in [4.78, 5) is 19.0. The van der Waals surface area contributed by atoms with Gasteiger partial charge in [-0.15, -0.1) is 5.10 Å². The summed E-state index contributed by atoms with van der Waals surface area (Å²) in [6, 6.07) is 27.2. The summed E-state index contributed by atoms with van der Waals surface area (Å²) >= 11 is 11.7. The molecule has 1 amide bonds. The molecule has 6 rings (SSSR count). The molecule has 1 aliphatic rings. The fourth-order valence-corrected chi connectivity index (χ4v) is 7.57. The second-order valence-corrected chi connectivity index (χ2v) is 15.6. The molecule has 1 atom stereocenters. The highest BCUT2D eigenvalue weighted by molar-refractivity contribution is 9.10. The standard InChI is InChI=1S/C40H41BrClN5O3S/c1-7-49-33-21-28(20-31(41)36(33)50-22-26-15-17-29(18-16-26)40(4,5)6)35-34(37(48)44-30-13-10-11-24(2)19-30)25(3)43-38-45-39(46-47(35)38)51-23-27-12-8-9-14-32(27)42/h8-21,35H,7,22-23H2,1-6H3,(H,44,48)(H,43,45,46). The highest BCUT2D eigenvalue weighted by Crippen LogP contribution is 2.44. The molecule has 0 aliphatic carbocycles. The van der Waals surface area contributed by atoms with Crippen LogP contribution < -0.4 is 20.1 Å². The molecule has 0 saturated heterocycles. The fraction of sp³-hybridized carbons (Fsp3) is 0.275. The zero-order valence-electron chi connectivity index (χ0n) is 29.5. The highest BCUT2D eigenvalue weighted by Gasteiger charge is 2.35. The van der Waals surface area contributed by atoms with Gasteiger partial charge in [0.25, 0.3) is 5.91 Å². The van der Waals surface area contributed by atoms with E-state index in [-0.39, 0.29) is 11.3 Å². The minimum absolute atomic E-state index is 0.0661. The van der Waals surface area contributed by atoms with Crippen molar-refractivity contribution in [1.82, 2.24) is 14.8 Å². The lowest BCUT2D eigenvalue weighted by atomic mass is 9.87. The van der Waals surface area contributed by atoms with Crippen molar-refractivity contribution in [1.29, 1.82) is 0 Å². The molecular formula is C40H41BrClN5O3S. The quantitative estimate of drug-likeness (QED) is 0.129. The number of halogens is 2. The molecule has 0 radical (unpaired) electrons. The number of hydrogen-bond acceptors (Lipinski definition) is 7. The van der Waals surface area contributed by atoms with E-state index < -0.39 is 6.04 Å². The van der Waals surface area contributed by atoms with Crippen LogP contribution in [0.3, 0.4) is 0 Å². The van der Waals surface area contributed by atoms with Crippen LogP contribution in [-0.2, 0) is 22.6 Å². The van der Waals surface area contributed by atoms with E-state index in [1.54, 1.807) is 4.68 Å². The number of fused-ring (bicyclic) bond motifs is 1. The van der Waals surface area contributed by atoms with Gasteiger partial charge in [0.2, 0.25) is 11.1 Å². The average Bonchev–Trinajstić information content (AvgIpc) is 3.49. The van der Waals surface area contributed by atoms with Crippen molar-refractivity contribution >= 4 is 56.8 Å². The van der Waals surface area contributed by atoms with E-state index in [0.717, 1.165) is 22.3 Å². The first-order valence-electron chi connectivity index (χ1n) is 16.8. The molecule has 0 spiro atoms. The molecule has 8 nitrogen and oxygen atoms in total. The Bertz CT molecular complexity index is 2090. The van der Waals surface area contributed by atoms with Gasteiger partial charge >= 0.3 is 0 Å². The maximum Gasteiger partial charge on any atom is 0.255 e. The number of aromatic nitrogens is 3. The zero-order valence-corrected chi connectivity index (χ0v) is 32.7. The Kier molecular flexibility index (Phi) is 11.1. The van der Waals surface area contributed by atoms with Crippen molar-refractivity contribution in [3.63, 3.8) is 0 Å². The second kappa shape index (κ2) is 15.6. The molecule has 1 unspecified atom stereocenters. The summed E-state index contributed by atoms with van der Waals surface area (Å²) in [7, 11) is 0. The Morgan fingerprint density at radius 3 is 2.49 bits per heavy atom. The third kappa shape index (κ3) is 8.46. The van der Waals surface area contributed by atoms with Crippen molar-refractivity contribution in [3.8, 4) is 11.5 Å². The first kappa shape index (κ1) is 36.5. The van der Waals surface area contributed by atoms with Crippen molar-refractivity contribution in [2.45, 2.75) is 70.5 Å². The molecule has 4 aromatic carbocycles. The zero-order chi connectivity index (χ0) is 36.3. The summed E-state index contributed by atoms with van der Waals surface area (Å²) < 4.78 is 15.0. The third-order valence-corrected chi connectivity index (χ3v) is 10.4. The number of carbonyl (C=O) groups is 1. The van der Waals surface area contributed by atoms with Crippen LogP contribution in [0.1, 0.15) is 68.5 Å². The van der Waals surface area contributed by atoms with E-state index >= 15 is 0 Å². The summed E-state index contributed by atoms with van der Waals surface area (Å²) in [6.45, 7) is 13.2. The minimum atomic E-state index is -0.636. The Labute approximate surface area is 317 Å². The monoisotopic (exact) mass is 785 g/mol. The number of nitrogens with zero attached hydrogens (tertiary/aromatic N) is 3. The Morgan fingerprint density at radius 1 is 1.02 bits per heavy atom. The molecule has 0 bridgehead atoms. The molecule has 5 aromatic rings. The molecule has 264 valence electrons. The topological polar surface area (TPSA) is 90.3 Å². The molecule has 11 heteroatoms. The smallest absolute Gasteiger partial charge is 0.255 e. The number of ether oxygens (including phenoxy) is 2. The number of rotatable bonds is 11. The van der Waals surface area contributed by atoms with Gasteiger partial charge in [-0.2, -0.15) is 4.98 Å². The van der Waals surface area contributed by atoms with Crippen molar-refractivity contribution in [2.24, 2.45) is 0 Å². The highest BCUT2D eigenvalue weighted by atomic mass is 79.9. The largest absolute Gasteiger partial charge is 0.490 e. The van der Waals surface area contributed by atoms with Gasteiger partial charge < -0.3 is 20.1 Å². The molecule has 0 fully saturated rings. The molecule has 51 heavy (non-hydrogen) atoms. The lowest BCUT2D eigenvalue weighted by molar-refractivity contribution is -0.113. The molecule has 1 aromatic heterocycles. The van der Waals surface area contributed by atoms with Crippen LogP contribution in [0.4, 0.5) is 11.6 Å². The first-order valence-corrected chi connectivity index (χ1v) is 18.9. The number of aryl methyl sites for hydroxylation is 1. The third-order valence-electron chi connectivity index (χ3n) is 8.52. The van der Waals surface area contributed by atoms with Gasteiger partial charge in [0.1, 0.15) is 12.6 Å². The number of nitrogens with one attached hydrogen (secondary N) is 2. The molecule has 2 heterocycles. The minimum Gasteiger partial charge on any atom is -0.490 e. The fourth-order valence-electron chi connectivity index (χ4n) is 5.88. The summed E-state index contributed by atoms with van der Waals surface area (Å²) in [5.74, 6) is 1.99. The van der Waals surface area contributed by atoms with E-state index in [1.165, 1.54) is 17.3 Å². The van der Waals surface area contributed by atoms with Gasteiger partial charge in [0.15, 0.2) is 11.5 Å². The van der Waals surface area contributed by atoms with E-state index in [0.29, 0.717) is 68.0 Å². The summed E-state index contributed by atoms with van der Waals surface area (Å²) in [5.41, 5.74) is 7.04. The van der Waals surface area contributed by atoms with Gasteiger partial charge in [0.05, 0.1) is 16.7 Å². The number of benzene rings is 4. The normalized spacial score (nSPS) is 14.2. The number of carbonyl (C=O) groups excluding carboxylic acids is 1. The lowest BCUT2D eigenvalue weighted by Crippen LogP contribution is -2.31. The van der Waals surface area contributed by atoms with Crippen molar-refractivity contribution in [2.75, 3.05) is 17.2 Å². The Morgan fingerprint density at radius 2 is 1.78 bits per heavy atom. The molecular weight excluding hydrogens is 746 g/mol. The lowest BCUT2D eigenvalue weighted by Gasteiger charge is -2.29. The van der Waals surface area contributed by atoms with Crippen LogP contribution >= 0.6 is 39.3 Å². The number of amides is 1. The van der Waals surface area contributed by atoms with Crippen LogP contribution in [-0.4, -0.2) is 27.3 Å². The number of allylic oxidation sites excluding steroid dienone is 1. The van der Waals surface area contributed by atoms with Crippen LogP contribution in [0.25, 0.3) is 0 Å². The number of hydrogen-bond donors (Lipinski definition) is 2. The van der Waals surface area contributed by atoms with E-state index in [4.69, 9.17) is 31.2 Å². The number of thioether (sulfide) groups is 1. The van der Waals surface area contributed by atoms with Gasteiger partial charge in [-0.1, -0.05) is 98.7 Å². The van der Waals surface area contributed by atoms with Gasteiger partial charge in [-0.3, -0.25) is 4.79 Å². The maximum absolute atomic E-state index is 14.2. The maximum atomic E-state index is 14.2. The molecule has 2 N–H and O–H groups in total. The second-order valence-electron chi connectivity index (χ2n) is 13.4. The van der Waals surface area contributed by atoms with Gasteiger partial charge in [0, 0.05) is 22.2 Å². The predicted molar refractivity (Wildman–Crippen MR) is 210 cm³/mol. The number of anilines is 2. The van der Waals surface area contributed by atoms with Crippen LogP contribution in [0.15, 0.2) is 106 Å². The van der Waals surface area contributed by atoms with Gasteiger partial charge in [-0.25, -0.2) is 4.68 Å². The van der Waals surface area contributed by atoms with Gasteiger partial charge in [-0.05, 0) is 100 Å². The Hall–Kier alpha value is -4.25. The Balaban J connectivity index is 1.36. The van der Waals surface area contributed by atoms with E-state index in [9.17, 15) is 4.79 Å². The summed E-state index contributed by atoms with van der Waals surface area (Å²) in [5, 5.41) is 12.6. The molecule has 0 saturated carbocycles. The van der Waals surface area contributed by atoms with Crippen LogP contribution in [0.5, 0.6) is 11.5 Å². The first-order chi connectivity index (χ1) is 24.4. The van der Waals surface area contributed by atoms with Crippen LogP contribution in [0, 0.1) is 6.92 Å². The van der Waals surface area contributed by atoms with Crippen molar-refractivity contribution in [3.05, 3.63) is 134 Å². The predicted octanol–water partition coefficient (Wildman–Crippen LogP) is 10.5.